The summed E-state index contributed by atoms with van der Waals surface area (Å²) in [6.45, 7) is 0. The van der Waals surface area contributed by atoms with E-state index in [9.17, 15) is 0 Å². The fraction of sp³-hybridized carbons (Fsp3) is 0.0233. The number of pyridine rings is 1. The molecule has 0 unspecified atom stereocenters. The molecule has 222 valence electrons. The van der Waals surface area contributed by atoms with Crippen LogP contribution < -0.4 is 0 Å². The minimum absolute atomic E-state index is 0.935. The number of aromatic nitrogens is 4. The van der Waals surface area contributed by atoms with Crippen molar-refractivity contribution in [3.05, 3.63) is 164 Å². The van der Waals surface area contributed by atoms with E-state index < -0.39 is 0 Å². The number of rotatable bonds is 5. The van der Waals surface area contributed by atoms with Crippen molar-refractivity contribution >= 4 is 32.8 Å². The zero-order valence-electron chi connectivity index (χ0n) is 25.9. The van der Waals surface area contributed by atoms with Gasteiger partial charge in [-0.3, -0.25) is 4.98 Å². The molecule has 0 radical (unpaired) electrons. The zero-order valence-corrected chi connectivity index (χ0v) is 25.9. The van der Waals surface area contributed by atoms with Crippen LogP contribution >= 0.6 is 0 Å². The van der Waals surface area contributed by atoms with Gasteiger partial charge < -0.3 is 9.13 Å². The van der Waals surface area contributed by atoms with Gasteiger partial charge in [0.25, 0.3) is 0 Å². The normalized spacial score (nSPS) is 11.5. The van der Waals surface area contributed by atoms with Gasteiger partial charge in [0.1, 0.15) is 5.82 Å². The lowest BCUT2D eigenvalue weighted by molar-refractivity contribution is 0.960. The molecule has 0 aliphatic rings. The highest BCUT2D eigenvalue weighted by Gasteiger charge is 2.21. The highest BCUT2D eigenvalue weighted by molar-refractivity contribution is 6.12. The molecule has 9 rings (SSSR count). The Labute approximate surface area is 272 Å². The summed E-state index contributed by atoms with van der Waals surface area (Å²) < 4.78 is 4.62. The van der Waals surface area contributed by atoms with Crippen LogP contribution in [0.4, 0.5) is 0 Å². The molecule has 0 aliphatic heterocycles. The van der Waals surface area contributed by atoms with E-state index in [1.807, 2.05) is 18.3 Å². The van der Waals surface area contributed by atoms with Crippen molar-refractivity contribution < 1.29 is 0 Å². The van der Waals surface area contributed by atoms with Crippen molar-refractivity contribution in [2.45, 2.75) is 0 Å². The van der Waals surface area contributed by atoms with Crippen LogP contribution in [0.5, 0.6) is 0 Å². The van der Waals surface area contributed by atoms with Crippen LogP contribution in [0.1, 0.15) is 0 Å². The Morgan fingerprint density at radius 2 is 1.21 bits per heavy atom. The average Bonchev–Trinajstić information content (AvgIpc) is 3.65. The third-order valence-corrected chi connectivity index (χ3v) is 9.19. The topological polar surface area (TPSA) is 35.6 Å². The lowest BCUT2D eigenvalue weighted by atomic mass is 9.96. The van der Waals surface area contributed by atoms with Crippen molar-refractivity contribution in [2.75, 3.05) is 0 Å². The molecule has 0 spiro atoms. The molecule has 0 aliphatic carbocycles. The number of fused-ring (bicyclic) bond motifs is 4. The molecule has 0 saturated heterocycles. The molecule has 0 fully saturated rings. The summed E-state index contributed by atoms with van der Waals surface area (Å²) in [7, 11) is 2.13. The summed E-state index contributed by atoms with van der Waals surface area (Å²) in [5.41, 5.74) is 13.3. The zero-order chi connectivity index (χ0) is 31.3. The van der Waals surface area contributed by atoms with Crippen LogP contribution in [0.25, 0.3) is 83.4 Å². The monoisotopic (exact) mass is 602 g/mol. The van der Waals surface area contributed by atoms with E-state index in [-0.39, 0.29) is 0 Å². The molecule has 0 amide bonds. The van der Waals surface area contributed by atoms with Crippen LogP contribution in [0, 0.1) is 0 Å². The van der Waals surface area contributed by atoms with Crippen LogP contribution in [0.3, 0.4) is 0 Å². The van der Waals surface area contributed by atoms with Gasteiger partial charge in [-0.15, -0.1) is 0 Å². The summed E-state index contributed by atoms with van der Waals surface area (Å²) >= 11 is 0. The molecule has 0 bridgehead atoms. The van der Waals surface area contributed by atoms with Crippen molar-refractivity contribution in [2.24, 2.45) is 7.05 Å². The lowest BCUT2D eigenvalue weighted by Crippen LogP contribution is -1.98. The maximum Gasteiger partial charge on any atom is 0.141 e. The van der Waals surface area contributed by atoms with Gasteiger partial charge in [-0.1, -0.05) is 103 Å². The van der Waals surface area contributed by atoms with Gasteiger partial charge in [-0.05, 0) is 76.9 Å². The number of para-hydroxylation sites is 1. The predicted molar refractivity (Wildman–Crippen MR) is 195 cm³/mol. The van der Waals surface area contributed by atoms with E-state index in [1.54, 1.807) is 0 Å². The first kappa shape index (κ1) is 27.1. The van der Waals surface area contributed by atoms with Gasteiger partial charge in [0.05, 0.1) is 27.8 Å². The van der Waals surface area contributed by atoms with Gasteiger partial charge in [0.15, 0.2) is 0 Å². The van der Waals surface area contributed by atoms with Crippen LogP contribution in [0.15, 0.2) is 164 Å². The molecule has 4 nitrogen and oxygen atoms in total. The summed E-state index contributed by atoms with van der Waals surface area (Å²) in [6.07, 6.45) is 1.85. The van der Waals surface area contributed by atoms with Crippen molar-refractivity contribution in [1.29, 1.82) is 0 Å². The molecule has 3 aromatic heterocycles. The van der Waals surface area contributed by atoms with Crippen molar-refractivity contribution in [3.63, 3.8) is 0 Å². The van der Waals surface area contributed by atoms with Crippen LogP contribution in [-0.4, -0.2) is 19.1 Å². The maximum absolute atomic E-state index is 5.27. The first-order valence-electron chi connectivity index (χ1n) is 15.9. The number of imidazole rings is 1. The van der Waals surface area contributed by atoms with Gasteiger partial charge in [0, 0.05) is 40.8 Å². The Balaban J connectivity index is 1.32. The van der Waals surface area contributed by atoms with Gasteiger partial charge >= 0.3 is 0 Å². The fourth-order valence-corrected chi connectivity index (χ4v) is 6.91. The second-order valence-electron chi connectivity index (χ2n) is 12.0. The Hall–Kier alpha value is -6.26. The lowest BCUT2D eigenvalue weighted by Gasteiger charge is -2.14. The Kier molecular flexibility index (Phi) is 6.32. The Morgan fingerprint density at radius 3 is 2.02 bits per heavy atom. The van der Waals surface area contributed by atoms with E-state index in [4.69, 9.17) is 4.98 Å². The van der Waals surface area contributed by atoms with E-state index in [2.05, 4.69) is 167 Å². The largest absolute Gasteiger partial charge is 0.327 e. The van der Waals surface area contributed by atoms with Gasteiger partial charge in [-0.2, -0.15) is 0 Å². The Morgan fingerprint density at radius 1 is 0.468 bits per heavy atom. The molecule has 4 heteroatoms. The summed E-state index contributed by atoms with van der Waals surface area (Å²) in [5, 5.41) is 2.42. The molecule has 9 aromatic rings. The third-order valence-electron chi connectivity index (χ3n) is 9.19. The van der Waals surface area contributed by atoms with Gasteiger partial charge in [0.2, 0.25) is 0 Å². The first-order chi connectivity index (χ1) is 23.2. The molecular weight excluding hydrogens is 573 g/mol. The van der Waals surface area contributed by atoms with Crippen LogP contribution in [-0.2, 0) is 7.05 Å². The average molecular weight is 603 g/mol. The van der Waals surface area contributed by atoms with Crippen molar-refractivity contribution in [1.82, 2.24) is 19.1 Å². The molecule has 3 heterocycles. The van der Waals surface area contributed by atoms with Crippen molar-refractivity contribution in [3.8, 4) is 50.6 Å². The number of benzene rings is 6. The SMILES string of the molecule is Cn1c(-c2cc3c(cc2-c2ccccc2)c2ccccc2n3-c2cccc(-c3ccccn3)c2)nc2ccc(-c3ccccc3)cc21. The number of hydrogen-bond acceptors (Lipinski definition) is 2. The summed E-state index contributed by atoms with van der Waals surface area (Å²) in [5.74, 6) is 0.935. The molecule has 0 atom stereocenters. The van der Waals surface area contributed by atoms with E-state index in [0.29, 0.717) is 0 Å². The smallest absolute Gasteiger partial charge is 0.141 e. The first-order valence-corrected chi connectivity index (χ1v) is 15.9. The van der Waals surface area contributed by atoms with E-state index in [0.717, 1.165) is 61.5 Å². The molecular formula is C43H30N4. The quantitative estimate of drug-likeness (QED) is 0.196. The van der Waals surface area contributed by atoms with E-state index >= 15 is 0 Å². The minimum atomic E-state index is 0.935. The molecule has 0 N–H and O–H groups in total. The maximum atomic E-state index is 5.27. The van der Waals surface area contributed by atoms with Gasteiger partial charge in [-0.25, -0.2) is 4.98 Å². The van der Waals surface area contributed by atoms with Crippen LogP contribution in [0.2, 0.25) is 0 Å². The molecule has 0 saturated carbocycles. The number of aryl methyl sites for hydroxylation is 1. The summed E-state index contributed by atoms with van der Waals surface area (Å²) in [4.78, 5) is 9.90. The highest BCUT2D eigenvalue weighted by Crippen LogP contribution is 2.41. The van der Waals surface area contributed by atoms with E-state index in [1.165, 1.54) is 21.9 Å². The fourth-order valence-electron chi connectivity index (χ4n) is 6.91. The molecule has 47 heavy (non-hydrogen) atoms. The second kappa shape index (κ2) is 11.0. The molecule has 6 aromatic carbocycles. The summed E-state index contributed by atoms with van der Waals surface area (Å²) in [6, 6.07) is 55.9. The second-order valence-corrected chi connectivity index (χ2v) is 12.0. The Bertz CT molecular complexity index is 2560. The highest BCUT2D eigenvalue weighted by atomic mass is 15.1. The predicted octanol–water partition coefficient (Wildman–Crippen LogP) is 10.7. The number of hydrogen-bond donors (Lipinski definition) is 0. The third kappa shape index (κ3) is 4.53. The standard InChI is InChI=1S/C43H30N4/c1-46-42-26-31(29-13-4-2-5-14-29)22-23-39(42)45-43(46)37-28-41-36(27-35(37)30-15-6-3-7-16-30)34-19-8-9-21-40(34)47(41)33-18-12-17-32(25-33)38-20-10-11-24-44-38/h2-28H,1H3. The number of nitrogens with zero attached hydrogens (tertiary/aromatic N) is 4. The minimum Gasteiger partial charge on any atom is -0.327 e.